The second kappa shape index (κ2) is 8.91. The van der Waals surface area contributed by atoms with Crippen molar-refractivity contribution < 1.29 is 9.59 Å². The van der Waals surface area contributed by atoms with E-state index in [1.165, 1.54) is 0 Å². The van der Waals surface area contributed by atoms with Crippen molar-refractivity contribution in [1.82, 2.24) is 10.6 Å². The lowest BCUT2D eigenvalue weighted by Crippen LogP contribution is -2.47. The molecule has 5 heteroatoms. The molecular formula is C13H27N3O2. The molecule has 0 aliphatic rings. The summed E-state index contributed by atoms with van der Waals surface area (Å²) >= 11 is 0. The lowest BCUT2D eigenvalue weighted by atomic mass is 10.0. The molecule has 0 spiro atoms. The van der Waals surface area contributed by atoms with Crippen molar-refractivity contribution in [3.63, 3.8) is 0 Å². The molecule has 0 aromatic carbocycles. The maximum absolute atomic E-state index is 11.5. The zero-order valence-corrected chi connectivity index (χ0v) is 12.0. The van der Waals surface area contributed by atoms with Crippen molar-refractivity contribution in [2.45, 2.75) is 46.6 Å². The number of rotatable bonds is 8. The van der Waals surface area contributed by atoms with Crippen molar-refractivity contribution in [3.05, 3.63) is 0 Å². The Morgan fingerprint density at radius 1 is 1.11 bits per heavy atom. The molecule has 0 unspecified atom stereocenters. The molecule has 0 fully saturated rings. The van der Waals surface area contributed by atoms with Crippen LogP contribution in [-0.2, 0) is 9.59 Å². The highest BCUT2D eigenvalue weighted by Crippen LogP contribution is 2.04. The van der Waals surface area contributed by atoms with E-state index in [4.69, 9.17) is 5.73 Å². The summed E-state index contributed by atoms with van der Waals surface area (Å²) in [7, 11) is 0. The topological polar surface area (TPSA) is 84.2 Å². The Labute approximate surface area is 110 Å². The second-order valence-electron chi connectivity index (χ2n) is 4.97. The number of nitrogens with one attached hydrogen (secondary N) is 2. The molecule has 0 aromatic rings. The highest BCUT2D eigenvalue weighted by Gasteiger charge is 2.17. The SMILES string of the molecule is CCC(CC)CNC(=O)CNC(=O)[C@@H](N)C(C)C. The fourth-order valence-corrected chi connectivity index (χ4v) is 1.49. The van der Waals surface area contributed by atoms with E-state index in [1.807, 2.05) is 13.8 Å². The van der Waals surface area contributed by atoms with E-state index in [9.17, 15) is 9.59 Å². The van der Waals surface area contributed by atoms with Crippen LogP contribution in [0.2, 0.25) is 0 Å². The first-order valence-electron chi connectivity index (χ1n) is 6.72. The molecule has 0 aliphatic heterocycles. The average molecular weight is 257 g/mol. The number of nitrogens with two attached hydrogens (primary N) is 1. The first kappa shape index (κ1) is 16.9. The van der Waals surface area contributed by atoms with Gasteiger partial charge < -0.3 is 16.4 Å². The molecule has 1 atom stereocenters. The van der Waals surface area contributed by atoms with Gasteiger partial charge in [-0.25, -0.2) is 0 Å². The van der Waals surface area contributed by atoms with Crippen LogP contribution in [0.25, 0.3) is 0 Å². The predicted molar refractivity (Wildman–Crippen MR) is 72.9 cm³/mol. The second-order valence-corrected chi connectivity index (χ2v) is 4.97. The fraction of sp³-hybridized carbons (Fsp3) is 0.846. The van der Waals surface area contributed by atoms with Crippen LogP contribution < -0.4 is 16.4 Å². The van der Waals surface area contributed by atoms with Crippen LogP contribution in [-0.4, -0.2) is 30.9 Å². The minimum absolute atomic E-state index is 0.000593. The van der Waals surface area contributed by atoms with E-state index in [1.54, 1.807) is 0 Å². The zero-order valence-electron chi connectivity index (χ0n) is 12.0. The molecule has 18 heavy (non-hydrogen) atoms. The van der Waals surface area contributed by atoms with Crippen LogP contribution in [0.1, 0.15) is 40.5 Å². The van der Waals surface area contributed by atoms with Crippen molar-refractivity contribution in [2.75, 3.05) is 13.1 Å². The van der Waals surface area contributed by atoms with Gasteiger partial charge in [0.05, 0.1) is 12.6 Å². The third-order valence-electron chi connectivity index (χ3n) is 3.19. The van der Waals surface area contributed by atoms with Crippen LogP contribution in [0.4, 0.5) is 0 Å². The maximum Gasteiger partial charge on any atom is 0.239 e. The molecule has 0 aromatic heterocycles. The van der Waals surface area contributed by atoms with E-state index in [-0.39, 0.29) is 24.3 Å². The highest BCUT2D eigenvalue weighted by molar-refractivity contribution is 5.87. The number of hydrogen-bond donors (Lipinski definition) is 3. The van der Waals surface area contributed by atoms with Gasteiger partial charge in [-0.3, -0.25) is 9.59 Å². The molecule has 5 nitrogen and oxygen atoms in total. The summed E-state index contributed by atoms with van der Waals surface area (Å²) in [5.74, 6) is 0.133. The summed E-state index contributed by atoms with van der Waals surface area (Å²) < 4.78 is 0. The highest BCUT2D eigenvalue weighted by atomic mass is 16.2. The van der Waals surface area contributed by atoms with Crippen molar-refractivity contribution in [3.8, 4) is 0 Å². The Kier molecular flexibility index (Phi) is 8.37. The van der Waals surface area contributed by atoms with Crippen molar-refractivity contribution in [2.24, 2.45) is 17.6 Å². The van der Waals surface area contributed by atoms with Gasteiger partial charge >= 0.3 is 0 Å². The lowest BCUT2D eigenvalue weighted by molar-refractivity contribution is -0.127. The summed E-state index contributed by atoms with van der Waals surface area (Å²) in [5.41, 5.74) is 5.67. The Bertz CT molecular complexity index is 263. The summed E-state index contributed by atoms with van der Waals surface area (Å²) in [6.45, 7) is 8.61. The van der Waals surface area contributed by atoms with Gasteiger partial charge in [-0.05, 0) is 11.8 Å². The molecule has 0 heterocycles. The maximum atomic E-state index is 11.5. The minimum atomic E-state index is -0.558. The van der Waals surface area contributed by atoms with Crippen LogP contribution >= 0.6 is 0 Å². The van der Waals surface area contributed by atoms with E-state index < -0.39 is 6.04 Å². The van der Waals surface area contributed by atoms with E-state index in [0.717, 1.165) is 12.8 Å². The zero-order chi connectivity index (χ0) is 14.1. The summed E-state index contributed by atoms with van der Waals surface area (Å²) in [6, 6.07) is -0.558. The fourth-order valence-electron chi connectivity index (χ4n) is 1.49. The first-order valence-corrected chi connectivity index (χ1v) is 6.72. The normalized spacial score (nSPS) is 12.6. The van der Waals surface area contributed by atoms with Crippen molar-refractivity contribution in [1.29, 1.82) is 0 Å². The van der Waals surface area contributed by atoms with Gasteiger partial charge in [0.15, 0.2) is 0 Å². The molecule has 0 saturated carbocycles. The predicted octanol–water partition coefficient (Wildman–Crippen LogP) is 0.638. The molecular weight excluding hydrogens is 230 g/mol. The van der Waals surface area contributed by atoms with Gasteiger partial charge in [-0.2, -0.15) is 0 Å². The summed E-state index contributed by atoms with van der Waals surface area (Å²) in [4.78, 5) is 23.0. The molecule has 4 N–H and O–H groups in total. The molecule has 2 amide bonds. The van der Waals surface area contributed by atoms with Gasteiger partial charge in [-0.15, -0.1) is 0 Å². The Balaban J connectivity index is 3.87. The van der Waals surface area contributed by atoms with Crippen LogP contribution in [0.5, 0.6) is 0 Å². The van der Waals surface area contributed by atoms with E-state index >= 15 is 0 Å². The molecule has 0 bridgehead atoms. The Morgan fingerprint density at radius 3 is 2.11 bits per heavy atom. The average Bonchev–Trinajstić information content (AvgIpc) is 2.35. The lowest BCUT2D eigenvalue weighted by Gasteiger charge is -2.16. The number of carbonyl (C=O) groups is 2. The molecule has 0 aliphatic carbocycles. The number of amides is 2. The van der Waals surface area contributed by atoms with Gasteiger partial charge in [0.2, 0.25) is 11.8 Å². The standard InChI is InChI=1S/C13H27N3O2/c1-5-10(6-2)7-15-11(17)8-16-13(18)12(14)9(3)4/h9-10,12H,5-8,14H2,1-4H3,(H,15,17)(H,16,18)/t12-/m0/s1. The van der Waals surface area contributed by atoms with Gasteiger partial charge in [0.1, 0.15) is 0 Å². The monoisotopic (exact) mass is 257 g/mol. The number of hydrogen-bond acceptors (Lipinski definition) is 3. The van der Waals surface area contributed by atoms with Crippen LogP contribution in [0.15, 0.2) is 0 Å². The number of carbonyl (C=O) groups excluding carboxylic acids is 2. The van der Waals surface area contributed by atoms with Gasteiger partial charge in [0.25, 0.3) is 0 Å². The molecule has 0 rings (SSSR count). The van der Waals surface area contributed by atoms with Crippen LogP contribution in [0, 0.1) is 11.8 Å². The third kappa shape index (κ3) is 6.59. The molecule has 0 saturated heterocycles. The first-order chi connectivity index (χ1) is 8.42. The Morgan fingerprint density at radius 2 is 1.67 bits per heavy atom. The summed E-state index contributed by atoms with van der Waals surface area (Å²) in [6.07, 6.45) is 2.09. The van der Waals surface area contributed by atoms with Crippen molar-refractivity contribution >= 4 is 11.8 Å². The van der Waals surface area contributed by atoms with E-state index in [2.05, 4.69) is 24.5 Å². The summed E-state index contributed by atoms with van der Waals surface area (Å²) in [5, 5.41) is 5.36. The van der Waals surface area contributed by atoms with Gasteiger partial charge in [-0.1, -0.05) is 40.5 Å². The molecule has 106 valence electrons. The third-order valence-corrected chi connectivity index (χ3v) is 3.19. The van der Waals surface area contributed by atoms with E-state index in [0.29, 0.717) is 12.5 Å². The minimum Gasteiger partial charge on any atom is -0.354 e. The Hall–Kier alpha value is -1.10. The smallest absolute Gasteiger partial charge is 0.239 e. The molecule has 0 radical (unpaired) electrons. The largest absolute Gasteiger partial charge is 0.354 e. The van der Waals surface area contributed by atoms with Crippen LogP contribution in [0.3, 0.4) is 0 Å². The van der Waals surface area contributed by atoms with Gasteiger partial charge in [0, 0.05) is 6.54 Å². The quantitative estimate of drug-likeness (QED) is 0.596.